The van der Waals surface area contributed by atoms with E-state index in [1.54, 1.807) is 0 Å². The Morgan fingerprint density at radius 3 is 2.67 bits per heavy atom. The van der Waals surface area contributed by atoms with Crippen LogP contribution in [-0.4, -0.2) is 35.6 Å². The quantitative estimate of drug-likeness (QED) is 0.784. The van der Waals surface area contributed by atoms with Gasteiger partial charge in [-0.1, -0.05) is 12.1 Å². The number of ether oxygens (including phenoxy) is 1. The number of hydrogen-bond acceptors (Lipinski definition) is 2. The molecule has 1 atom stereocenters. The number of hydrogen-bond donors (Lipinski definition) is 0. The molecule has 0 N–H and O–H groups in total. The van der Waals surface area contributed by atoms with E-state index in [9.17, 15) is 4.39 Å². The van der Waals surface area contributed by atoms with Crippen LogP contribution in [0.1, 0.15) is 19.4 Å². The molecule has 0 amide bonds. The Bertz CT molecular complexity index is 393. The fourth-order valence-electron chi connectivity index (χ4n) is 2.47. The highest BCUT2D eigenvalue weighted by atomic mass is 35.5. The van der Waals surface area contributed by atoms with Crippen LogP contribution in [0.15, 0.2) is 24.3 Å². The largest absolute Gasteiger partial charge is 0.368 e. The van der Waals surface area contributed by atoms with Gasteiger partial charge in [-0.3, -0.25) is 4.90 Å². The molecule has 0 saturated carbocycles. The molecule has 1 aliphatic rings. The zero-order valence-corrected chi connectivity index (χ0v) is 11.6. The molecule has 1 aromatic carbocycles. The molecule has 18 heavy (non-hydrogen) atoms. The lowest BCUT2D eigenvalue weighted by molar-refractivity contribution is -0.129. The Hall–Kier alpha value is -0.640. The summed E-state index contributed by atoms with van der Waals surface area (Å²) in [5.41, 5.74) is 0.931. The molecule has 100 valence electrons. The van der Waals surface area contributed by atoms with Crippen LogP contribution in [0.25, 0.3) is 0 Å². The van der Waals surface area contributed by atoms with Gasteiger partial charge >= 0.3 is 0 Å². The molecular formula is C14H19ClFNO. The molecule has 4 heteroatoms. The van der Waals surface area contributed by atoms with E-state index < -0.39 is 0 Å². The SMILES string of the molecule is CC1(C)CN(Cc2ccc(F)cc2)CC(CCl)O1. The molecule has 0 bridgehead atoms. The van der Waals surface area contributed by atoms with Gasteiger partial charge in [-0.2, -0.15) is 0 Å². The third-order valence-corrected chi connectivity index (χ3v) is 3.39. The van der Waals surface area contributed by atoms with E-state index in [0.29, 0.717) is 5.88 Å². The van der Waals surface area contributed by atoms with Crippen LogP contribution in [0.5, 0.6) is 0 Å². The van der Waals surface area contributed by atoms with Gasteiger partial charge in [0, 0.05) is 25.5 Å². The monoisotopic (exact) mass is 271 g/mol. The number of halogens is 2. The molecule has 0 spiro atoms. The number of alkyl halides is 1. The molecule has 1 unspecified atom stereocenters. The molecule has 1 heterocycles. The van der Waals surface area contributed by atoms with Crippen molar-refractivity contribution in [3.8, 4) is 0 Å². The maximum atomic E-state index is 12.9. The van der Waals surface area contributed by atoms with Gasteiger partial charge in [0.05, 0.1) is 11.7 Å². The Labute approximate surface area is 113 Å². The molecule has 0 aliphatic carbocycles. The first-order valence-electron chi connectivity index (χ1n) is 6.19. The summed E-state index contributed by atoms with van der Waals surface area (Å²) < 4.78 is 18.7. The van der Waals surface area contributed by atoms with Gasteiger partial charge in [-0.25, -0.2) is 4.39 Å². The second-order valence-corrected chi connectivity index (χ2v) is 5.76. The van der Waals surface area contributed by atoms with Gasteiger partial charge in [0.1, 0.15) is 5.82 Å². The summed E-state index contributed by atoms with van der Waals surface area (Å²) in [5.74, 6) is 0.309. The predicted octanol–water partition coefficient (Wildman–Crippen LogP) is 3.04. The average molecular weight is 272 g/mol. The summed E-state index contributed by atoms with van der Waals surface area (Å²) in [4.78, 5) is 2.31. The van der Waals surface area contributed by atoms with Crippen molar-refractivity contribution in [3.63, 3.8) is 0 Å². The number of morpholine rings is 1. The van der Waals surface area contributed by atoms with Crippen LogP contribution < -0.4 is 0 Å². The molecule has 2 nitrogen and oxygen atoms in total. The van der Waals surface area contributed by atoms with Crippen LogP contribution in [0.4, 0.5) is 4.39 Å². The second-order valence-electron chi connectivity index (χ2n) is 5.45. The predicted molar refractivity (Wildman–Crippen MR) is 71.3 cm³/mol. The lowest BCUT2D eigenvalue weighted by Gasteiger charge is -2.42. The summed E-state index contributed by atoms with van der Waals surface area (Å²) >= 11 is 5.90. The standard InChI is InChI=1S/C14H19ClFNO/c1-14(2)10-17(9-13(7-15)18-14)8-11-3-5-12(16)6-4-11/h3-6,13H,7-10H2,1-2H3. The average Bonchev–Trinajstić information content (AvgIpc) is 2.30. The Morgan fingerprint density at radius 1 is 1.39 bits per heavy atom. The molecule has 1 fully saturated rings. The molecular weight excluding hydrogens is 253 g/mol. The van der Waals surface area contributed by atoms with Gasteiger partial charge in [-0.15, -0.1) is 11.6 Å². The summed E-state index contributed by atoms with van der Waals surface area (Å²) in [6.07, 6.45) is 0.0656. The first-order valence-corrected chi connectivity index (χ1v) is 6.72. The molecule has 2 rings (SSSR count). The summed E-state index contributed by atoms with van der Waals surface area (Å²) in [6.45, 7) is 6.63. The topological polar surface area (TPSA) is 12.5 Å². The summed E-state index contributed by atoms with van der Waals surface area (Å²) in [5, 5.41) is 0. The van der Waals surface area contributed by atoms with Gasteiger partial charge < -0.3 is 4.74 Å². The highest BCUT2D eigenvalue weighted by molar-refractivity contribution is 6.18. The molecule has 1 saturated heterocycles. The molecule has 1 aromatic rings. The first kappa shape index (κ1) is 13.8. The Morgan fingerprint density at radius 2 is 2.06 bits per heavy atom. The van der Waals surface area contributed by atoms with Crippen molar-refractivity contribution in [1.29, 1.82) is 0 Å². The molecule has 1 aliphatic heterocycles. The maximum absolute atomic E-state index is 12.9. The maximum Gasteiger partial charge on any atom is 0.123 e. The van der Waals surface area contributed by atoms with E-state index in [0.717, 1.165) is 25.2 Å². The van der Waals surface area contributed by atoms with Crippen molar-refractivity contribution >= 4 is 11.6 Å². The molecule has 0 radical (unpaired) electrons. The van der Waals surface area contributed by atoms with Gasteiger partial charge in [-0.05, 0) is 31.5 Å². The van der Waals surface area contributed by atoms with Crippen molar-refractivity contribution < 1.29 is 9.13 Å². The minimum Gasteiger partial charge on any atom is -0.368 e. The van der Waals surface area contributed by atoms with Crippen molar-refractivity contribution in [2.24, 2.45) is 0 Å². The Balaban J connectivity index is 2.02. The normalized spacial score (nSPS) is 24.1. The Kier molecular flexibility index (Phi) is 4.25. The lowest BCUT2D eigenvalue weighted by Crippen LogP contribution is -2.52. The van der Waals surface area contributed by atoms with E-state index in [-0.39, 0.29) is 17.5 Å². The number of benzene rings is 1. The van der Waals surface area contributed by atoms with Gasteiger partial charge in [0.25, 0.3) is 0 Å². The van der Waals surface area contributed by atoms with Crippen molar-refractivity contribution in [1.82, 2.24) is 4.90 Å². The van der Waals surface area contributed by atoms with Crippen molar-refractivity contribution in [2.75, 3.05) is 19.0 Å². The van der Waals surface area contributed by atoms with Crippen LogP contribution in [0, 0.1) is 5.82 Å². The highest BCUT2D eigenvalue weighted by Gasteiger charge is 2.32. The second kappa shape index (κ2) is 5.55. The van der Waals surface area contributed by atoms with Gasteiger partial charge in [0.15, 0.2) is 0 Å². The highest BCUT2D eigenvalue weighted by Crippen LogP contribution is 2.23. The van der Waals surface area contributed by atoms with Crippen LogP contribution >= 0.6 is 11.6 Å². The van der Waals surface area contributed by atoms with E-state index >= 15 is 0 Å². The van der Waals surface area contributed by atoms with E-state index in [1.807, 2.05) is 12.1 Å². The smallest absolute Gasteiger partial charge is 0.123 e. The number of rotatable bonds is 3. The minimum absolute atomic E-state index is 0.0656. The fourth-order valence-corrected chi connectivity index (χ4v) is 2.63. The third-order valence-electron chi connectivity index (χ3n) is 3.04. The van der Waals surface area contributed by atoms with Crippen molar-refractivity contribution in [2.45, 2.75) is 32.1 Å². The zero-order chi connectivity index (χ0) is 13.2. The third kappa shape index (κ3) is 3.67. The lowest BCUT2D eigenvalue weighted by atomic mass is 10.0. The molecule has 0 aromatic heterocycles. The van der Waals surface area contributed by atoms with Crippen molar-refractivity contribution in [3.05, 3.63) is 35.6 Å². The van der Waals surface area contributed by atoms with Gasteiger partial charge in [0.2, 0.25) is 0 Å². The summed E-state index contributed by atoms with van der Waals surface area (Å²) in [7, 11) is 0. The van der Waals surface area contributed by atoms with Crippen LogP contribution in [0.3, 0.4) is 0 Å². The van der Waals surface area contributed by atoms with E-state index in [2.05, 4.69) is 18.7 Å². The zero-order valence-electron chi connectivity index (χ0n) is 10.8. The van der Waals surface area contributed by atoms with Crippen LogP contribution in [0.2, 0.25) is 0 Å². The van der Waals surface area contributed by atoms with Crippen LogP contribution in [-0.2, 0) is 11.3 Å². The minimum atomic E-state index is -0.195. The fraction of sp³-hybridized carbons (Fsp3) is 0.571. The summed E-state index contributed by atoms with van der Waals surface area (Å²) in [6, 6.07) is 6.65. The first-order chi connectivity index (χ1) is 8.48. The van der Waals surface area contributed by atoms with E-state index in [1.165, 1.54) is 12.1 Å². The van der Waals surface area contributed by atoms with E-state index in [4.69, 9.17) is 16.3 Å². The number of nitrogens with zero attached hydrogens (tertiary/aromatic N) is 1.